The molecule has 4 heterocycles. The Morgan fingerprint density at radius 1 is 0.550 bits per heavy atom. The Kier molecular flexibility index (Phi) is 2.39. The molecule has 0 aliphatic heterocycles. The molecule has 0 saturated heterocycles. The second kappa shape index (κ2) is 4.35. The van der Waals surface area contributed by atoms with Crippen LogP contribution in [-0.4, -0.2) is 19.9 Å². The normalized spacial score (nSPS) is 11.0. The summed E-state index contributed by atoms with van der Waals surface area (Å²) in [6, 6.07) is 11.8. The summed E-state index contributed by atoms with van der Waals surface area (Å²) in [7, 11) is 0. The molecule has 0 fully saturated rings. The lowest BCUT2D eigenvalue weighted by molar-refractivity contribution is 1.28. The summed E-state index contributed by atoms with van der Waals surface area (Å²) in [6.45, 7) is 0. The summed E-state index contributed by atoms with van der Waals surface area (Å²) in [4.78, 5) is 17.5. The number of pyridine rings is 4. The van der Waals surface area contributed by atoms with Crippen LogP contribution in [0.4, 0.5) is 0 Å². The van der Waals surface area contributed by atoms with Crippen LogP contribution in [0.25, 0.3) is 33.2 Å². The van der Waals surface area contributed by atoms with Gasteiger partial charge >= 0.3 is 0 Å². The first-order valence-corrected chi connectivity index (χ1v) is 6.32. The molecule has 0 spiro atoms. The van der Waals surface area contributed by atoms with Gasteiger partial charge < -0.3 is 0 Å². The van der Waals surface area contributed by atoms with Crippen molar-refractivity contribution >= 4 is 21.8 Å². The number of rotatable bonds is 1. The van der Waals surface area contributed by atoms with Crippen molar-refractivity contribution in [2.75, 3.05) is 0 Å². The number of fused-ring (bicyclic) bond motifs is 2. The van der Waals surface area contributed by atoms with Crippen molar-refractivity contribution in [3.05, 3.63) is 61.2 Å². The molecule has 0 radical (unpaired) electrons. The van der Waals surface area contributed by atoms with Gasteiger partial charge in [-0.2, -0.15) is 0 Å². The summed E-state index contributed by atoms with van der Waals surface area (Å²) in [6.07, 6.45) is 7.12. The molecule has 0 aromatic carbocycles. The summed E-state index contributed by atoms with van der Waals surface area (Å²) in [5, 5.41) is 2.06. The molecular weight excluding hydrogens is 248 g/mol. The van der Waals surface area contributed by atoms with Crippen LogP contribution in [0.1, 0.15) is 0 Å². The minimum Gasteiger partial charge on any atom is -0.264 e. The van der Waals surface area contributed by atoms with Gasteiger partial charge in [0.05, 0.1) is 22.4 Å². The molecule has 4 rings (SSSR count). The fourth-order valence-electron chi connectivity index (χ4n) is 2.22. The van der Waals surface area contributed by atoms with E-state index in [1.165, 1.54) is 0 Å². The van der Waals surface area contributed by atoms with E-state index in [0.29, 0.717) is 0 Å². The van der Waals surface area contributed by atoms with E-state index in [4.69, 9.17) is 0 Å². The van der Waals surface area contributed by atoms with Crippen molar-refractivity contribution in [1.29, 1.82) is 0 Å². The maximum atomic E-state index is 4.63. The van der Waals surface area contributed by atoms with Gasteiger partial charge in [-0.3, -0.25) is 9.97 Å². The lowest BCUT2D eigenvalue weighted by atomic mass is 10.2. The largest absolute Gasteiger partial charge is 0.264 e. The van der Waals surface area contributed by atoms with Gasteiger partial charge in [-0.1, -0.05) is 0 Å². The van der Waals surface area contributed by atoms with Crippen LogP contribution in [-0.2, 0) is 0 Å². The summed E-state index contributed by atoms with van der Waals surface area (Å²) >= 11 is 0. The van der Waals surface area contributed by atoms with Gasteiger partial charge in [-0.15, -0.1) is 0 Å². The average Bonchev–Trinajstić information content (AvgIpc) is 2.54. The third kappa shape index (κ3) is 1.78. The van der Waals surface area contributed by atoms with E-state index >= 15 is 0 Å². The molecule has 94 valence electrons. The van der Waals surface area contributed by atoms with E-state index < -0.39 is 0 Å². The molecule has 0 atom stereocenters. The minimum absolute atomic E-state index is 0.863. The zero-order valence-corrected chi connectivity index (χ0v) is 10.6. The molecule has 0 aliphatic carbocycles. The molecule has 0 aliphatic rings. The van der Waals surface area contributed by atoms with Crippen molar-refractivity contribution in [1.82, 2.24) is 19.9 Å². The van der Waals surface area contributed by atoms with Crippen LogP contribution >= 0.6 is 0 Å². The molecule has 4 nitrogen and oxygen atoms in total. The Morgan fingerprint density at radius 3 is 1.55 bits per heavy atom. The van der Waals surface area contributed by atoms with E-state index in [1.807, 2.05) is 48.8 Å². The fraction of sp³-hybridized carbons (Fsp3) is 0. The topological polar surface area (TPSA) is 51.6 Å². The standard InChI is InChI=1S/C16H10N4/c1-3-15(19-13-5-7-17-9-11(1)13)16-4-2-12-10-18-8-6-14(12)20-16/h1-10H. The monoisotopic (exact) mass is 258 g/mol. The van der Waals surface area contributed by atoms with E-state index in [1.54, 1.807) is 12.4 Å². The van der Waals surface area contributed by atoms with Crippen molar-refractivity contribution in [3.63, 3.8) is 0 Å². The highest BCUT2D eigenvalue weighted by molar-refractivity contribution is 5.83. The third-order valence-corrected chi connectivity index (χ3v) is 3.24. The number of nitrogens with zero attached hydrogens (tertiary/aromatic N) is 4. The third-order valence-electron chi connectivity index (χ3n) is 3.24. The second-order valence-electron chi connectivity index (χ2n) is 4.53. The molecule has 0 bridgehead atoms. The maximum absolute atomic E-state index is 4.63. The van der Waals surface area contributed by atoms with Crippen LogP contribution < -0.4 is 0 Å². The predicted molar refractivity (Wildman–Crippen MR) is 78.1 cm³/mol. The first-order chi connectivity index (χ1) is 9.90. The van der Waals surface area contributed by atoms with Crippen molar-refractivity contribution in [3.8, 4) is 11.4 Å². The zero-order chi connectivity index (χ0) is 13.4. The first kappa shape index (κ1) is 11.0. The van der Waals surface area contributed by atoms with Crippen molar-refractivity contribution in [2.45, 2.75) is 0 Å². The van der Waals surface area contributed by atoms with Crippen LogP contribution in [0.5, 0.6) is 0 Å². The summed E-state index contributed by atoms with van der Waals surface area (Å²) < 4.78 is 0. The van der Waals surface area contributed by atoms with E-state index in [0.717, 1.165) is 33.2 Å². The molecule has 4 heteroatoms. The molecule has 0 N–H and O–H groups in total. The Morgan fingerprint density at radius 2 is 1.05 bits per heavy atom. The van der Waals surface area contributed by atoms with Crippen LogP contribution in [0, 0.1) is 0 Å². The summed E-state index contributed by atoms with van der Waals surface area (Å²) in [5.74, 6) is 0. The highest BCUT2D eigenvalue weighted by atomic mass is 14.8. The van der Waals surface area contributed by atoms with Crippen LogP contribution in [0.15, 0.2) is 61.2 Å². The number of hydrogen-bond donors (Lipinski definition) is 0. The highest BCUT2D eigenvalue weighted by Gasteiger charge is 2.04. The van der Waals surface area contributed by atoms with Crippen molar-refractivity contribution in [2.24, 2.45) is 0 Å². The molecule has 4 aromatic heterocycles. The SMILES string of the molecule is c1cc2nc(-c3ccc4cnccc4n3)ccc2cn1. The Labute approximate surface area is 115 Å². The Hall–Kier alpha value is -2.88. The number of hydrogen-bond acceptors (Lipinski definition) is 4. The Bertz CT molecular complexity index is 841. The van der Waals surface area contributed by atoms with E-state index in [-0.39, 0.29) is 0 Å². The van der Waals surface area contributed by atoms with Gasteiger partial charge in [0.15, 0.2) is 0 Å². The van der Waals surface area contributed by atoms with E-state index in [9.17, 15) is 0 Å². The van der Waals surface area contributed by atoms with Crippen LogP contribution in [0.3, 0.4) is 0 Å². The fourth-order valence-corrected chi connectivity index (χ4v) is 2.22. The van der Waals surface area contributed by atoms with Gasteiger partial charge in [0.2, 0.25) is 0 Å². The van der Waals surface area contributed by atoms with Gasteiger partial charge in [0, 0.05) is 35.6 Å². The molecule has 20 heavy (non-hydrogen) atoms. The predicted octanol–water partition coefficient (Wildman–Crippen LogP) is 3.24. The molecule has 0 amide bonds. The quantitative estimate of drug-likeness (QED) is 0.526. The van der Waals surface area contributed by atoms with Gasteiger partial charge in [-0.25, -0.2) is 9.97 Å². The maximum Gasteiger partial charge on any atom is 0.0894 e. The zero-order valence-electron chi connectivity index (χ0n) is 10.6. The molecule has 0 unspecified atom stereocenters. The lowest BCUT2D eigenvalue weighted by Gasteiger charge is -2.03. The van der Waals surface area contributed by atoms with Crippen LogP contribution in [0.2, 0.25) is 0 Å². The highest BCUT2D eigenvalue weighted by Crippen LogP contribution is 2.21. The van der Waals surface area contributed by atoms with Gasteiger partial charge in [0.25, 0.3) is 0 Å². The minimum atomic E-state index is 0.863. The Balaban J connectivity index is 1.91. The average molecular weight is 258 g/mol. The molecular formula is C16H10N4. The first-order valence-electron chi connectivity index (χ1n) is 6.32. The lowest BCUT2D eigenvalue weighted by Crippen LogP contribution is -1.90. The second-order valence-corrected chi connectivity index (χ2v) is 4.53. The van der Waals surface area contributed by atoms with Gasteiger partial charge in [-0.05, 0) is 36.4 Å². The smallest absolute Gasteiger partial charge is 0.0894 e. The number of aromatic nitrogens is 4. The van der Waals surface area contributed by atoms with Crippen molar-refractivity contribution < 1.29 is 0 Å². The van der Waals surface area contributed by atoms with E-state index in [2.05, 4.69) is 19.9 Å². The van der Waals surface area contributed by atoms with Gasteiger partial charge in [0.1, 0.15) is 0 Å². The summed E-state index contributed by atoms with van der Waals surface area (Å²) in [5.41, 5.74) is 3.58. The molecule has 0 saturated carbocycles. The molecule has 4 aromatic rings.